The zero-order valence-corrected chi connectivity index (χ0v) is 14.4. The summed E-state index contributed by atoms with van der Waals surface area (Å²) in [7, 11) is 1.50. The largest absolute Gasteiger partial charge is 0.496 e. The summed E-state index contributed by atoms with van der Waals surface area (Å²) in [5.41, 5.74) is 2.32. The average Bonchev–Trinajstić information content (AvgIpc) is 2.48. The lowest BCUT2D eigenvalue weighted by Crippen LogP contribution is -2.14. The molecule has 7 heteroatoms. The summed E-state index contributed by atoms with van der Waals surface area (Å²) < 4.78 is 6.06. The fourth-order valence-corrected chi connectivity index (χ4v) is 2.83. The van der Waals surface area contributed by atoms with Gasteiger partial charge in [-0.05, 0) is 43.2 Å². The van der Waals surface area contributed by atoms with Crippen LogP contribution in [0.3, 0.4) is 0 Å². The van der Waals surface area contributed by atoms with Crippen LogP contribution in [0.15, 0.2) is 34.8 Å². The van der Waals surface area contributed by atoms with Gasteiger partial charge in [0.15, 0.2) is 0 Å². The second-order valence-corrected chi connectivity index (χ2v) is 5.93. The van der Waals surface area contributed by atoms with Gasteiger partial charge in [-0.3, -0.25) is 14.9 Å². The van der Waals surface area contributed by atoms with Gasteiger partial charge in [0.2, 0.25) is 0 Å². The quantitative estimate of drug-likeness (QED) is 0.637. The van der Waals surface area contributed by atoms with E-state index in [2.05, 4.69) is 21.2 Å². The maximum Gasteiger partial charge on any atom is 0.269 e. The summed E-state index contributed by atoms with van der Waals surface area (Å²) in [6.07, 6.45) is 0. The van der Waals surface area contributed by atoms with Gasteiger partial charge in [0, 0.05) is 22.3 Å². The zero-order valence-electron chi connectivity index (χ0n) is 12.8. The van der Waals surface area contributed by atoms with E-state index in [0.29, 0.717) is 22.6 Å². The van der Waals surface area contributed by atoms with Crippen LogP contribution in [-0.2, 0) is 0 Å². The number of aryl methyl sites for hydroxylation is 2. The van der Waals surface area contributed by atoms with E-state index in [0.717, 1.165) is 10.0 Å². The Kier molecular flexibility index (Phi) is 5.00. The van der Waals surface area contributed by atoms with Crippen molar-refractivity contribution < 1.29 is 14.5 Å². The van der Waals surface area contributed by atoms with Crippen molar-refractivity contribution in [2.45, 2.75) is 13.8 Å². The smallest absolute Gasteiger partial charge is 0.269 e. The van der Waals surface area contributed by atoms with Crippen LogP contribution < -0.4 is 10.1 Å². The zero-order chi connectivity index (χ0) is 17.1. The van der Waals surface area contributed by atoms with Crippen LogP contribution in [0.5, 0.6) is 5.75 Å². The van der Waals surface area contributed by atoms with Gasteiger partial charge in [-0.15, -0.1) is 0 Å². The first kappa shape index (κ1) is 17.0. The number of non-ortho nitro benzene ring substituents is 1. The number of benzene rings is 2. The molecule has 2 aromatic rings. The number of hydrogen-bond acceptors (Lipinski definition) is 4. The Morgan fingerprint density at radius 2 is 1.91 bits per heavy atom. The molecule has 0 aliphatic rings. The molecule has 0 fully saturated rings. The number of halogens is 1. The van der Waals surface area contributed by atoms with Crippen LogP contribution in [0, 0.1) is 24.0 Å². The van der Waals surface area contributed by atoms with Gasteiger partial charge in [-0.1, -0.05) is 15.9 Å². The Hall–Kier alpha value is -2.41. The lowest BCUT2D eigenvalue weighted by atomic mass is 10.1. The molecular formula is C16H15BrN2O4. The number of rotatable bonds is 4. The molecule has 2 aromatic carbocycles. The second kappa shape index (κ2) is 6.78. The molecule has 0 saturated carbocycles. The summed E-state index contributed by atoms with van der Waals surface area (Å²) in [5, 5.41) is 13.5. The van der Waals surface area contributed by atoms with Gasteiger partial charge in [-0.25, -0.2) is 0 Å². The van der Waals surface area contributed by atoms with Gasteiger partial charge in [0.1, 0.15) is 5.75 Å². The number of nitro groups is 1. The highest BCUT2D eigenvalue weighted by Crippen LogP contribution is 2.29. The third kappa shape index (κ3) is 3.68. The molecule has 1 N–H and O–H groups in total. The first-order chi connectivity index (χ1) is 10.8. The predicted molar refractivity (Wildman–Crippen MR) is 91.2 cm³/mol. The highest BCUT2D eigenvalue weighted by Gasteiger charge is 2.17. The Labute approximate surface area is 141 Å². The van der Waals surface area contributed by atoms with E-state index in [4.69, 9.17) is 4.74 Å². The van der Waals surface area contributed by atoms with E-state index in [9.17, 15) is 14.9 Å². The Balaban J connectivity index is 2.35. The van der Waals surface area contributed by atoms with E-state index in [1.807, 2.05) is 13.0 Å². The van der Waals surface area contributed by atoms with Gasteiger partial charge in [-0.2, -0.15) is 0 Å². The molecule has 2 rings (SSSR count). The monoisotopic (exact) mass is 378 g/mol. The topological polar surface area (TPSA) is 81.5 Å². The van der Waals surface area contributed by atoms with Gasteiger partial charge >= 0.3 is 0 Å². The lowest BCUT2D eigenvalue weighted by molar-refractivity contribution is -0.384. The molecule has 0 spiro atoms. The van der Waals surface area contributed by atoms with E-state index >= 15 is 0 Å². The molecule has 0 heterocycles. The van der Waals surface area contributed by atoms with Gasteiger partial charge < -0.3 is 10.1 Å². The number of anilines is 1. The molecular weight excluding hydrogens is 364 g/mol. The van der Waals surface area contributed by atoms with Crippen LogP contribution in [0.1, 0.15) is 21.5 Å². The normalized spacial score (nSPS) is 10.3. The minimum absolute atomic E-state index is 0.0172. The Bertz CT molecular complexity index is 790. The minimum Gasteiger partial charge on any atom is -0.496 e. The molecule has 0 radical (unpaired) electrons. The van der Waals surface area contributed by atoms with Crippen molar-refractivity contribution in [2.75, 3.05) is 12.4 Å². The highest BCUT2D eigenvalue weighted by atomic mass is 79.9. The molecule has 0 bridgehead atoms. The van der Waals surface area contributed by atoms with Gasteiger partial charge in [0.25, 0.3) is 11.6 Å². The average molecular weight is 379 g/mol. The fraction of sp³-hybridized carbons (Fsp3) is 0.188. The number of nitro benzene ring substituents is 1. The third-order valence-electron chi connectivity index (χ3n) is 3.36. The van der Waals surface area contributed by atoms with Crippen LogP contribution in [0.2, 0.25) is 0 Å². The molecule has 23 heavy (non-hydrogen) atoms. The molecule has 6 nitrogen and oxygen atoms in total. The number of carbonyl (C=O) groups excluding carboxylic acids is 1. The predicted octanol–water partition coefficient (Wildman–Crippen LogP) is 4.24. The first-order valence-electron chi connectivity index (χ1n) is 6.74. The number of methoxy groups -OCH3 is 1. The van der Waals surface area contributed by atoms with Crippen molar-refractivity contribution in [1.29, 1.82) is 0 Å². The number of hydrogen-bond donors (Lipinski definition) is 1. The molecule has 0 aliphatic carbocycles. The van der Waals surface area contributed by atoms with Crippen LogP contribution in [0.4, 0.5) is 11.4 Å². The number of ether oxygens (including phenoxy) is 1. The van der Waals surface area contributed by atoms with E-state index in [1.54, 1.807) is 13.0 Å². The minimum atomic E-state index is -0.473. The van der Waals surface area contributed by atoms with Crippen LogP contribution in [0.25, 0.3) is 0 Å². The molecule has 0 unspecified atom stereocenters. The standard InChI is InChI=1S/C16H15BrN2O4/c1-9-7-12(19(21)22)4-5-14(9)18-16(20)13-8-11(17)6-10(2)15(13)23-3/h4-8H,1-3H3,(H,18,20). The summed E-state index contributed by atoms with van der Waals surface area (Å²) in [6, 6.07) is 7.81. The van der Waals surface area contributed by atoms with Crippen molar-refractivity contribution in [1.82, 2.24) is 0 Å². The van der Waals surface area contributed by atoms with Gasteiger partial charge in [0.05, 0.1) is 17.6 Å². The molecule has 120 valence electrons. The highest BCUT2D eigenvalue weighted by molar-refractivity contribution is 9.10. The summed E-state index contributed by atoms with van der Waals surface area (Å²) in [6.45, 7) is 3.55. The summed E-state index contributed by atoms with van der Waals surface area (Å²) in [4.78, 5) is 22.8. The summed E-state index contributed by atoms with van der Waals surface area (Å²) in [5.74, 6) is 0.147. The molecule has 0 saturated heterocycles. The fourth-order valence-electron chi connectivity index (χ4n) is 2.26. The van der Waals surface area contributed by atoms with E-state index < -0.39 is 4.92 Å². The van der Waals surface area contributed by atoms with E-state index in [1.165, 1.54) is 25.3 Å². The lowest BCUT2D eigenvalue weighted by Gasteiger charge is -2.13. The summed E-state index contributed by atoms with van der Waals surface area (Å²) >= 11 is 3.36. The van der Waals surface area contributed by atoms with Crippen molar-refractivity contribution in [2.24, 2.45) is 0 Å². The van der Waals surface area contributed by atoms with Crippen LogP contribution in [-0.4, -0.2) is 17.9 Å². The second-order valence-electron chi connectivity index (χ2n) is 5.01. The van der Waals surface area contributed by atoms with Crippen molar-refractivity contribution in [3.8, 4) is 5.75 Å². The number of nitrogens with one attached hydrogen (secondary N) is 1. The maximum absolute atomic E-state index is 12.5. The van der Waals surface area contributed by atoms with Crippen LogP contribution >= 0.6 is 15.9 Å². The maximum atomic E-state index is 12.5. The SMILES string of the molecule is COc1c(C)cc(Br)cc1C(=O)Nc1ccc([N+](=O)[O-])cc1C. The number of amides is 1. The molecule has 0 aromatic heterocycles. The molecule has 0 aliphatic heterocycles. The molecule has 1 amide bonds. The van der Waals surface area contributed by atoms with Crippen molar-refractivity contribution in [3.05, 3.63) is 61.6 Å². The first-order valence-corrected chi connectivity index (χ1v) is 7.53. The Morgan fingerprint density at radius 1 is 1.22 bits per heavy atom. The Morgan fingerprint density at radius 3 is 2.48 bits per heavy atom. The molecule has 0 atom stereocenters. The van der Waals surface area contributed by atoms with Crippen molar-refractivity contribution in [3.63, 3.8) is 0 Å². The number of nitrogens with zero attached hydrogens (tertiary/aromatic N) is 1. The van der Waals surface area contributed by atoms with Crippen molar-refractivity contribution >= 4 is 33.2 Å². The van der Waals surface area contributed by atoms with E-state index in [-0.39, 0.29) is 11.6 Å². The third-order valence-corrected chi connectivity index (χ3v) is 3.81. The number of carbonyl (C=O) groups is 1.